The number of benzene rings is 2. The third-order valence-corrected chi connectivity index (χ3v) is 4.54. The summed E-state index contributed by atoms with van der Waals surface area (Å²) < 4.78 is 5.15. The van der Waals surface area contributed by atoms with Crippen LogP contribution in [0, 0.1) is 0 Å². The van der Waals surface area contributed by atoms with E-state index in [1.165, 1.54) is 26.0 Å². The highest BCUT2D eigenvalue weighted by atomic mass is 35.5. The lowest BCUT2D eigenvalue weighted by atomic mass is 10.1. The van der Waals surface area contributed by atoms with Gasteiger partial charge in [-0.3, -0.25) is 19.3 Å². The van der Waals surface area contributed by atoms with Gasteiger partial charge in [-0.1, -0.05) is 29.8 Å². The predicted molar refractivity (Wildman–Crippen MR) is 102 cm³/mol. The van der Waals surface area contributed by atoms with Crippen molar-refractivity contribution in [2.24, 2.45) is 0 Å². The van der Waals surface area contributed by atoms with Gasteiger partial charge >= 0.3 is 5.97 Å². The number of hydrogen-bond donors (Lipinski definition) is 1. The Balaban J connectivity index is 1.65. The molecule has 144 valence electrons. The van der Waals surface area contributed by atoms with Gasteiger partial charge in [0.25, 0.3) is 17.7 Å². The number of halogens is 1. The second kappa shape index (κ2) is 7.82. The molecule has 7 nitrogen and oxygen atoms in total. The number of hydrogen-bond acceptors (Lipinski definition) is 5. The first-order valence-corrected chi connectivity index (χ1v) is 8.91. The van der Waals surface area contributed by atoms with E-state index in [0.29, 0.717) is 10.7 Å². The van der Waals surface area contributed by atoms with E-state index in [2.05, 4.69) is 5.32 Å². The molecule has 0 bridgehead atoms. The lowest BCUT2D eigenvalue weighted by Crippen LogP contribution is -2.45. The van der Waals surface area contributed by atoms with E-state index < -0.39 is 35.8 Å². The molecule has 0 aromatic heterocycles. The summed E-state index contributed by atoms with van der Waals surface area (Å²) >= 11 is 5.87. The molecule has 0 saturated carbocycles. The second-order valence-corrected chi connectivity index (χ2v) is 6.72. The number of amides is 3. The fraction of sp³-hybridized carbons (Fsp3) is 0.200. The van der Waals surface area contributed by atoms with Gasteiger partial charge in [0.05, 0.1) is 11.1 Å². The van der Waals surface area contributed by atoms with Gasteiger partial charge in [-0.05, 0) is 44.2 Å². The largest absolute Gasteiger partial charge is 0.451 e. The smallest absolute Gasteiger partial charge is 0.329 e. The number of ether oxygens (including phenoxy) is 1. The van der Waals surface area contributed by atoms with Gasteiger partial charge in [0.15, 0.2) is 6.10 Å². The van der Waals surface area contributed by atoms with E-state index >= 15 is 0 Å². The molecule has 3 amide bonds. The van der Waals surface area contributed by atoms with Crippen LogP contribution in [-0.4, -0.2) is 40.7 Å². The summed E-state index contributed by atoms with van der Waals surface area (Å²) in [5, 5.41) is 3.03. The Morgan fingerprint density at radius 2 is 1.61 bits per heavy atom. The maximum atomic E-state index is 12.5. The van der Waals surface area contributed by atoms with E-state index in [0.717, 1.165) is 4.90 Å². The van der Waals surface area contributed by atoms with Gasteiger partial charge in [0, 0.05) is 10.7 Å². The van der Waals surface area contributed by atoms with Crippen LogP contribution in [0.3, 0.4) is 0 Å². The number of nitrogens with one attached hydrogen (secondary N) is 1. The number of esters is 1. The summed E-state index contributed by atoms with van der Waals surface area (Å²) in [6, 6.07) is 11.7. The highest BCUT2D eigenvalue weighted by Crippen LogP contribution is 2.25. The first kappa shape index (κ1) is 19.6. The quantitative estimate of drug-likeness (QED) is 0.615. The number of nitrogens with zero attached hydrogens (tertiary/aromatic N) is 1. The molecule has 2 aromatic rings. The molecule has 2 atom stereocenters. The van der Waals surface area contributed by atoms with Crippen molar-refractivity contribution < 1.29 is 23.9 Å². The zero-order valence-electron chi connectivity index (χ0n) is 15.1. The highest BCUT2D eigenvalue weighted by Gasteiger charge is 2.41. The summed E-state index contributed by atoms with van der Waals surface area (Å²) in [5.74, 6) is -2.56. The van der Waals surface area contributed by atoms with Crippen molar-refractivity contribution in [1.82, 2.24) is 4.90 Å². The Kier molecular flexibility index (Phi) is 5.46. The zero-order chi connectivity index (χ0) is 20.4. The zero-order valence-corrected chi connectivity index (χ0v) is 15.9. The fourth-order valence-electron chi connectivity index (χ4n) is 2.80. The number of carbonyl (C=O) groups is 4. The molecule has 0 fully saturated rings. The van der Waals surface area contributed by atoms with Crippen LogP contribution in [0.2, 0.25) is 5.02 Å². The first-order valence-electron chi connectivity index (χ1n) is 8.53. The van der Waals surface area contributed by atoms with Crippen LogP contribution in [0.4, 0.5) is 5.69 Å². The maximum absolute atomic E-state index is 12.5. The topological polar surface area (TPSA) is 92.8 Å². The van der Waals surface area contributed by atoms with Crippen molar-refractivity contribution in [3.8, 4) is 0 Å². The van der Waals surface area contributed by atoms with Crippen molar-refractivity contribution in [3.63, 3.8) is 0 Å². The molecule has 8 heteroatoms. The lowest BCUT2D eigenvalue weighted by Gasteiger charge is -2.22. The lowest BCUT2D eigenvalue weighted by molar-refractivity contribution is -0.156. The van der Waals surface area contributed by atoms with Crippen molar-refractivity contribution in [3.05, 3.63) is 64.7 Å². The van der Waals surface area contributed by atoms with Gasteiger partial charge in [0.2, 0.25) is 0 Å². The molecule has 0 unspecified atom stereocenters. The Morgan fingerprint density at radius 3 is 2.18 bits per heavy atom. The fourth-order valence-corrected chi connectivity index (χ4v) is 2.99. The van der Waals surface area contributed by atoms with Gasteiger partial charge in [-0.15, -0.1) is 0 Å². The van der Waals surface area contributed by atoms with Crippen LogP contribution in [-0.2, 0) is 14.3 Å². The van der Waals surface area contributed by atoms with E-state index in [9.17, 15) is 19.2 Å². The molecule has 1 aliphatic heterocycles. The molecule has 1 aliphatic rings. The number of fused-ring (bicyclic) bond motifs is 1. The van der Waals surface area contributed by atoms with Crippen molar-refractivity contribution >= 4 is 41.0 Å². The van der Waals surface area contributed by atoms with Crippen LogP contribution in [0.15, 0.2) is 48.5 Å². The Bertz CT molecular complexity index is 940. The molecule has 28 heavy (non-hydrogen) atoms. The van der Waals surface area contributed by atoms with E-state index in [1.54, 1.807) is 36.4 Å². The van der Waals surface area contributed by atoms with E-state index in [4.69, 9.17) is 16.3 Å². The number of imide groups is 1. The molecule has 1 N–H and O–H groups in total. The standard InChI is InChI=1S/C20H17ClN2O5/c1-11(23-18(25)15-8-3-4-9-16(15)19(23)26)20(27)28-12(2)17(24)22-14-7-5-6-13(21)10-14/h3-12H,1-2H3,(H,22,24)/t11-,12-/m0/s1. The molecule has 0 radical (unpaired) electrons. The summed E-state index contributed by atoms with van der Waals surface area (Å²) in [6.45, 7) is 2.78. The molecule has 0 spiro atoms. The van der Waals surface area contributed by atoms with Gasteiger partial charge in [0.1, 0.15) is 6.04 Å². The predicted octanol–water partition coefficient (Wildman–Crippen LogP) is 2.89. The first-order chi connectivity index (χ1) is 13.3. The highest BCUT2D eigenvalue weighted by molar-refractivity contribution is 6.30. The van der Waals surface area contributed by atoms with E-state index in [1.807, 2.05) is 0 Å². The Labute approximate surface area is 166 Å². The normalized spacial score (nSPS) is 15.0. The Hall–Kier alpha value is -3.19. The number of rotatable bonds is 5. The molecule has 2 aromatic carbocycles. The molecular formula is C20H17ClN2O5. The minimum atomic E-state index is -1.17. The third-order valence-electron chi connectivity index (χ3n) is 4.31. The van der Waals surface area contributed by atoms with Crippen LogP contribution in [0.1, 0.15) is 34.6 Å². The van der Waals surface area contributed by atoms with Gasteiger partial charge in [-0.25, -0.2) is 4.79 Å². The minimum Gasteiger partial charge on any atom is -0.451 e. The van der Waals surface area contributed by atoms with Crippen molar-refractivity contribution in [2.45, 2.75) is 26.0 Å². The minimum absolute atomic E-state index is 0.235. The van der Waals surface area contributed by atoms with Crippen LogP contribution in [0.25, 0.3) is 0 Å². The number of carbonyl (C=O) groups excluding carboxylic acids is 4. The molecule has 1 heterocycles. The number of anilines is 1. The monoisotopic (exact) mass is 400 g/mol. The second-order valence-electron chi connectivity index (χ2n) is 6.28. The average Bonchev–Trinajstić information content (AvgIpc) is 2.92. The summed E-state index contributed by atoms with van der Waals surface area (Å²) in [5.41, 5.74) is 0.923. The summed E-state index contributed by atoms with van der Waals surface area (Å²) in [7, 11) is 0. The van der Waals surface area contributed by atoms with E-state index in [-0.39, 0.29) is 11.1 Å². The van der Waals surface area contributed by atoms with Gasteiger partial charge < -0.3 is 10.1 Å². The van der Waals surface area contributed by atoms with Gasteiger partial charge in [-0.2, -0.15) is 0 Å². The maximum Gasteiger partial charge on any atom is 0.329 e. The van der Waals surface area contributed by atoms with Crippen molar-refractivity contribution in [2.75, 3.05) is 5.32 Å². The Morgan fingerprint density at radius 1 is 1.00 bits per heavy atom. The average molecular weight is 401 g/mol. The molecule has 0 aliphatic carbocycles. The molecule has 0 saturated heterocycles. The van der Waals surface area contributed by atoms with Crippen LogP contribution >= 0.6 is 11.6 Å². The third kappa shape index (κ3) is 3.75. The SMILES string of the molecule is C[C@H](OC(=O)[C@H](C)N1C(=O)c2ccccc2C1=O)C(=O)Nc1cccc(Cl)c1. The molecular weight excluding hydrogens is 384 g/mol. The van der Waals surface area contributed by atoms with Crippen LogP contribution < -0.4 is 5.32 Å². The van der Waals surface area contributed by atoms with Crippen LogP contribution in [0.5, 0.6) is 0 Å². The summed E-state index contributed by atoms with van der Waals surface area (Å²) in [6.07, 6.45) is -1.14. The van der Waals surface area contributed by atoms with Crippen molar-refractivity contribution in [1.29, 1.82) is 0 Å². The summed E-state index contributed by atoms with van der Waals surface area (Å²) in [4.78, 5) is 50.4. The molecule has 3 rings (SSSR count).